The molecule has 0 atom stereocenters. The van der Waals surface area contributed by atoms with E-state index in [4.69, 9.17) is 4.42 Å². The molecule has 0 saturated carbocycles. The number of fused-ring (bicyclic) bond motifs is 1. The van der Waals surface area contributed by atoms with Gasteiger partial charge in [-0.2, -0.15) is 5.10 Å². The van der Waals surface area contributed by atoms with Crippen molar-refractivity contribution in [3.63, 3.8) is 0 Å². The molecule has 32 heavy (non-hydrogen) atoms. The highest BCUT2D eigenvalue weighted by atomic mass is 79.9. The van der Waals surface area contributed by atoms with Crippen LogP contribution < -0.4 is 10.7 Å². The second kappa shape index (κ2) is 9.53. The Labute approximate surface area is 195 Å². The number of carbonyl (C=O) groups excluding carboxylic acids is 2. The van der Waals surface area contributed by atoms with E-state index in [9.17, 15) is 9.59 Å². The molecule has 1 aromatic heterocycles. The molecule has 1 aliphatic rings. The number of rotatable bonds is 5. The van der Waals surface area contributed by atoms with Crippen LogP contribution in [0.5, 0.6) is 0 Å². The quantitative estimate of drug-likeness (QED) is 0.451. The van der Waals surface area contributed by atoms with E-state index in [-0.39, 0.29) is 17.6 Å². The van der Waals surface area contributed by atoms with Crippen LogP contribution in [-0.4, -0.2) is 17.5 Å². The number of amides is 2. The summed E-state index contributed by atoms with van der Waals surface area (Å²) in [7, 11) is 0. The van der Waals surface area contributed by atoms with Crippen molar-refractivity contribution in [2.24, 2.45) is 5.10 Å². The molecule has 2 amide bonds. The molecule has 2 N–H and O–H groups in total. The van der Waals surface area contributed by atoms with Gasteiger partial charge in [0.25, 0.3) is 11.8 Å². The van der Waals surface area contributed by atoms with Crippen LogP contribution in [0, 0.1) is 6.92 Å². The maximum Gasteiger partial charge on any atom is 0.291 e. The fourth-order valence-electron chi connectivity index (χ4n) is 3.91. The summed E-state index contributed by atoms with van der Waals surface area (Å²) in [5.74, 6) is 0.456. The van der Waals surface area contributed by atoms with E-state index in [1.165, 1.54) is 0 Å². The maximum atomic E-state index is 13.0. The average Bonchev–Trinajstić information content (AvgIpc) is 3.15. The third-order valence-corrected chi connectivity index (χ3v) is 6.11. The van der Waals surface area contributed by atoms with Crippen LogP contribution in [0.25, 0.3) is 0 Å². The molecule has 0 bridgehead atoms. The molecule has 0 radical (unpaired) electrons. The lowest BCUT2D eigenvalue weighted by molar-refractivity contribution is 0.0953. The summed E-state index contributed by atoms with van der Waals surface area (Å²) in [6.07, 6.45) is 3.09. The molecule has 0 saturated heterocycles. The number of para-hydroxylation sites is 1. The van der Waals surface area contributed by atoms with Gasteiger partial charge in [-0.05, 0) is 62.1 Å². The molecule has 7 heteroatoms. The van der Waals surface area contributed by atoms with Gasteiger partial charge in [-0.1, -0.05) is 41.1 Å². The molecule has 0 unspecified atom stereocenters. The van der Waals surface area contributed by atoms with Crippen molar-refractivity contribution in [1.82, 2.24) is 5.43 Å². The Morgan fingerprint density at radius 2 is 1.81 bits per heavy atom. The highest BCUT2D eigenvalue weighted by Gasteiger charge is 2.28. The average molecular weight is 494 g/mol. The van der Waals surface area contributed by atoms with Crippen LogP contribution in [0.2, 0.25) is 0 Å². The van der Waals surface area contributed by atoms with Crippen molar-refractivity contribution in [3.05, 3.63) is 86.8 Å². The van der Waals surface area contributed by atoms with Crippen molar-refractivity contribution in [2.45, 2.75) is 39.5 Å². The minimum Gasteiger partial charge on any atom is -0.455 e. The van der Waals surface area contributed by atoms with E-state index in [0.717, 1.165) is 57.6 Å². The Kier molecular flexibility index (Phi) is 6.55. The third-order valence-electron chi connectivity index (χ3n) is 5.58. The van der Waals surface area contributed by atoms with Crippen LogP contribution >= 0.6 is 15.9 Å². The molecular formula is C25H24BrN3O3. The SMILES string of the molecule is CCc1ccccc1NC(=O)c1oc2c(c1C)/C(=N/NC(=O)c1ccc(Br)cc1)CCC2. The number of halogens is 1. The molecule has 1 heterocycles. The highest BCUT2D eigenvalue weighted by Crippen LogP contribution is 2.30. The van der Waals surface area contributed by atoms with Crippen LogP contribution in [-0.2, 0) is 12.8 Å². The Hall–Kier alpha value is -3.19. The fourth-order valence-corrected chi connectivity index (χ4v) is 4.17. The van der Waals surface area contributed by atoms with Crippen molar-refractivity contribution in [1.29, 1.82) is 0 Å². The Balaban J connectivity index is 1.57. The van der Waals surface area contributed by atoms with Gasteiger partial charge in [0, 0.05) is 33.3 Å². The summed E-state index contributed by atoms with van der Waals surface area (Å²) >= 11 is 3.36. The number of carbonyl (C=O) groups is 2. The monoisotopic (exact) mass is 493 g/mol. The van der Waals surface area contributed by atoms with Gasteiger partial charge in [-0.25, -0.2) is 5.43 Å². The lowest BCUT2D eigenvalue weighted by Gasteiger charge is -2.13. The number of anilines is 1. The van der Waals surface area contributed by atoms with Gasteiger partial charge in [-0.3, -0.25) is 9.59 Å². The van der Waals surface area contributed by atoms with Crippen molar-refractivity contribution in [2.75, 3.05) is 5.32 Å². The van der Waals surface area contributed by atoms with Crippen molar-refractivity contribution in [3.8, 4) is 0 Å². The van der Waals surface area contributed by atoms with E-state index in [0.29, 0.717) is 12.0 Å². The number of nitrogens with one attached hydrogen (secondary N) is 2. The van der Waals surface area contributed by atoms with E-state index in [1.54, 1.807) is 12.1 Å². The minimum absolute atomic E-state index is 0.281. The smallest absolute Gasteiger partial charge is 0.291 e. The molecule has 164 valence electrons. The molecule has 3 aromatic rings. The Bertz CT molecular complexity index is 1200. The number of hydrogen-bond acceptors (Lipinski definition) is 4. The summed E-state index contributed by atoms with van der Waals surface area (Å²) in [6, 6.07) is 14.8. The standard InChI is InChI=1S/C25H24BrN3O3/c1-3-16-7-4-5-8-19(16)27-25(31)23-15(2)22-20(9-6-10-21(22)32-23)28-29-24(30)17-11-13-18(26)14-12-17/h4-5,7-8,11-14H,3,6,9-10H2,1-2H3,(H,27,31)(H,29,30)/b28-20+. The normalized spacial score (nSPS) is 14.2. The zero-order valence-corrected chi connectivity index (χ0v) is 19.6. The van der Waals surface area contributed by atoms with Crippen LogP contribution in [0.3, 0.4) is 0 Å². The van der Waals surface area contributed by atoms with Crippen molar-refractivity contribution >= 4 is 39.1 Å². The molecule has 4 rings (SSSR count). The second-order valence-corrected chi connectivity index (χ2v) is 8.59. The number of hydrogen-bond donors (Lipinski definition) is 2. The van der Waals surface area contributed by atoms with Crippen LogP contribution in [0.4, 0.5) is 5.69 Å². The van der Waals surface area contributed by atoms with Gasteiger partial charge in [0.2, 0.25) is 0 Å². The first kappa shape index (κ1) is 22.0. The largest absolute Gasteiger partial charge is 0.455 e. The van der Waals surface area contributed by atoms with Gasteiger partial charge in [0.15, 0.2) is 5.76 Å². The zero-order valence-electron chi connectivity index (χ0n) is 18.0. The van der Waals surface area contributed by atoms with Gasteiger partial charge < -0.3 is 9.73 Å². The molecule has 6 nitrogen and oxygen atoms in total. The predicted octanol–water partition coefficient (Wildman–Crippen LogP) is 5.64. The predicted molar refractivity (Wildman–Crippen MR) is 128 cm³/mol. The lowest BCUT2D eigenvalue weighted by Crippen LogP contribution is -2.22. The van der Waals surface area contributed by atoms with E-state index < -0.39 is 0 Å². The van der Waals surface area contributed by atoms with E-state index in [1.807, 2.05) is 50.2 Å². The first-order valence-electron chi connectivity index (χ1n) is 10.6. The highest BCUT2D eigenvalue weighted by molar-refractivity contribution is 9.10. The molecule has 2 aromatic carbocycles. The molecular weight excluding hydrogens is 470 g/mol. The van der Waals surface area contributed by atoms with Gasteiger partial charge in [0.05, 0.1) is 5.71 Å². The number of hydrazone groups is 1. The molecule has 1 aliphatic carbocycles. The number of aryl methyl sites for hydroxylation is 2. The zero-order chi connectivity index (χ0) is 22.7. The third kappa shape index (κ3) is 4.53. The van der Waals surface area contributed by atoms with Crippen molar-refractivity contribution < 1.29 is 14.0 Å². The lowest BCUT2D eigenvalue weighted by atomic mass is 9.93. The number of furan rings is 1. The maximum absolute atomic E-state index is 13.0. The topological polar surface area (TPSA) is 83.7 Å². The minimum atomic E-state index is -0.285. The Morgan fingerprint density at radius 1 is 1.06 bits per heavy atom. The second-order valence-electron chi connectivity index (χ2n) is 7.68. The summed E-state index contributed by atoms with van der Waals surface area (Å²) in [4.78, 5) is 25.4. The number of benzene rings is 2. The van der Waals surface area contributed by atoms with Gasteiger partial charge in [-0.15, -0.1) is 0 Å². The molecule has 0 spiro atoms. The molecule has 0 fully saturated rings. The summed E-state index contributed by atoms with van der Waals surface area (Å²) < 4.78 is 6.87. The Morgan fingerprint density at radius 3 is 2.56 bits per heavy atom. The number of nitrogens with zero attached hydrogens (tertiary/aromatic N) is 1. The first-order chi connectivity index (χ1) is 15.5. The summed E-state index contributed by atoms with van der Waals surface area (Å²) in [5.41, 5.74) is 7.29. The fraction of sp³-hybridized carbons (Fsp3) is 0.240. The van der Waals surface area contributed by atoms with Crippen LogP contribution in [0.1, 0.15) is 63.1 Å². The van der Waals surface area contributed by atoms with Gasteiger partial charge >= 0.3 is 0 Å². The first-order valence-corrected chi connectivity index (χ1v) is 11.4. The van der Waals surface area contributed by atoms with Gasteiger partial charge in [0.1, 0.15) is 5.76 Å². The summed E-state index contributed by atoms with van der Waals surface area (Å²) in [5, 5.41) is 7.35. The van der Waals surface area contributed by atoms with Crippen LogP contribution in [0.15, 0.2) is 62.5 Å². The van der Waals surface area contributed by atoms with E-state index >= 15 is 0 Å². The summed E-state index contributed by atoms with van der Waals surface area (Å²) in [6.45, 7) is 3.91. The van der Waals surface area contributed by atoms with E-state index in [2.05, 4.69) is 31.8 Å². The molecule has 0 aliphatic heterocycles.